The van der Waals surface area contributed by atoms with Crippen LogP contribution in [-0.2, 0) is 17.1 Å². The maximum atomic E-state index is 12.1. The number of hydrogen-bond acceptors (Lipinski definition) is 3. The van der Waals surface area contributed by atoms with Crippen molar-refractivity contribution in [2.75, 3.05) is 0 Å². The van der Waals surface area contributed by atoms with Crippen LogP contribution in [0.15, 0.2) is 28.2 Å². The van der Waals surface area contributed by atoms with Crippen LogP contribution in [0.2, 0.25) is 0 Å². The van der Waals surface area contributed by atoms with Gasteiger partial charge in [-0.3, -0.25) is 0 Å². The van der Waals surface area contributed by atoms with E-state index in [1.165, 1.54) is 17.8 Å². The maximum absolute atomic E-state index is 12.1. The molecule has 8 heteroatoms. The first-order chi connectivity index (χ1) is 8.70. The van der Waals surface area contributed by atoms with Gasteiger partial charge in [0.1, 0.15) is 10.6 Å². The molecule has 1 unspecified atom stereocenters. The summed E-state index contributed by atoms with van der Waals surface area (Å²) in [7, 11) is -2.30. The van der Waals surface area contributed by atoms with Crippen LogP contribution in [0.5, 0.6) is 0 Å². The average Bonchev–Trinajstić information content (AvgIpc) is 2.54. The molecule has 0 saturated carbocycles. The SMILES string of the molecule is C=CCC(C)NS(=O)(=O)c1cn(C)c(C(=O)O)c1Br. The number of hydrogen-bond donors (Lipinski definition) is 2. The lowest BCUT2D eigenvalue weighted by atomic mass is 10.3. The van der Waals surface area contributed by atoms with E-state index in [0.29, 0.717) is 6.42 Å². The van der Waals surface area contributed by atoms with E-state index in [4.69, 9.17) is 5.11 Å². The first-order valence-electron chi connectivity index (χ1n) is 5.42. The standard InChI is InChI=1S/C11H15BrN2O4S/c1-4-5-7(2)13-19(17,18)8-6-14(3)10(9(8)12)11(15)16/h4,6-7,13H,1,5H2,2-3H3,(H,15,16). The molecule has 0 fully saturated rings. The smallest absolute Gasteiger partial charge is 0.353 e. The van der Waals surface area contributed by atoms with Gasteiger partial charge in [-0.05, 0) is 29.3 Å². The Labute approximate surface area is 120 Å². The van der Waals surface area contributed by atoms with Crippen molar-refractivity contribution in [3.8, 4) is 0 Å². The number of carboxylic acid groups (broad SMARTS) is 1. The summed E-state index contributed by atoms with van der Waals surface area (Å²) in [5.41, 5.74) is -0.114. The van der Waals surface area contributed by atoms with Crippen LogP contribution in [0.1, 0.15) is 23.8 Å². The van der Waals surface area contributed by atoms with Crippen LogP contribution < -0.4 is 4.72 Å². The number of rotatable bonds is 6. The molecule has 106 valence electrons. The van der Waals surface area contributed by atoms with E-state index in [-0.39, 0.29) is 21.1 Å². The highest BCUT2D eigenvalue weighted by atomic mass is 79.9. The van der Waals surface area contributed by atoms with Gasteiger partial charge in [-0.2, -0.15) is 0 Å². The third-order valence-electron chi connectivity index (χ3n) is 2.46. The van der Waals surface area contributed by atoms with Crippen molar-refractivity contribution in [1.29, 1.82) is 0 Å². The summed E-state index contributed by atoms with van der Waals surface area (Å²) < 4.78 is 28.0. The van der Waals surface area contributed by atoms with Crippen LogP contribution >= 0.6 is 15.9 Å². The fourth-order valence-corrected chi connectivity index (χ4v) is 4.20. The van der Waals surface area contributed by atoms with Gasteiger partial charge >= 0.3 is 5.97 Å². The number of aryl methyl sites for hydroxylation is 1. The second-order valence-corrected chi connectivity index (χ2v) is 6.59. The molecular weight excluding hydrogens is 336 g/mol. The summed E-state index contributed by atoms with van der Waals surface area (Å²) >= 11 is 3.03. The quantitative estimate of drug-likeness (QED) is 0.764. The van der Waals surface area contributed by atoms with E-state index in [1.54, 1.807) is 13.0 Å². The molecule has 0 aliphatic carbocycles. The fraction of sp³-hybridized carbons (Fsp3) is 0.364. The topological polar surface area (TPSA) is 88.4 Å². The first-order valence-corrected chi connectivity index (χ1v) is 7.69. The average molecular weight is 351 g/mol. The highest BCUT2D eigenvalue weighted by Gasteiger charge is 2.27. The Kier molecular flexibility index (Phi) is 4.94. The van der Waals surface area contributed by atoms with Crippen LogP contribution in [-0.4, -0.2) is 30.1 Å². The van der Waals surface area contributed by atoms with Crippen molar-refractivity contribution in [2.24, 2.45) is 7.05 Å². The normalized spacial score (nSPS) is 13.2. The van der Waals surface area contributed by atoms with Gasteiger partial charge in [0.25, 0.3) is 0 Å². The molecule has 0 amide bonds. The van der Waals surface area contributed by atoms with Crippen molar-refractivity contribution in [3.05, 3.63) is 29.0 Å². The number of halogens is 1. The number of nitrogens with zero attached hydrogens (tertiary/aromatic N) is 1. The predicted molar refractivity (Wildman–Crippen MR) is 74.7 cm³/mol. The minimum Gasteiger partial charge on any atom is -0.477 e. The third-order valence-corrected chi connectivity index (χ3v) is 5.12. The van der Waals surface area contributed by atoms with E-state index < -0.39 is 16.0 Å². The largest absolute Gasteiger partial charge is 0.477 e. The monoisotopic (exact) mass is 350 g/mol. The Morgan fingerprint density at radius 2 is 2.26 bits per heavy atom. The molecule has 0 aromatic carbocycles. The Bertz CT molecular complexity index is 606. The molecule has 0 radical (unpaired) electrons. The van der Waals surface area contributed by atoms with Gasteiger partial charge in [0.15, 0.2) is 0 Å². The van der Waals surface area contributed by atoms with Gasteiger partial charge in [0.05, 0.1) is 4.47 Å². The molecule has 1 aromatic rings. The molecule has 0 aliphatic heterocycles. The van der Waals surface area contributed by atoms with Crippen molar-refractivity contribution < 1.29 is 18.3 Å². The third kappa shape index (κ3) is 3.46. The zero-order valence-electron chi connectivity index (χ0n) is 10.6. The number of carbonyl (C=O) groups is 1. The van der Waals surface area contributed by atoms with Crippen molar-refractivity contribution >= 4 is 31.9 Å². The molecule has 0 bridgehead atoms. The van der Waals surface area contributed by atoms with E-state index in [1.807, 2.05) is 0 Å². The van der Waals surface area contributed by atoms with E-state index in [2.05, 4.69) is 27.2 Å². The summed E-state index contributed by atoms with van der Waals surface area (Å²) in [5.74, 6) is -1.20. The summed E-state index contributed by atoms with van der Waals surface area (Å²) in [6, 6.07) is -0.317. The molecular formula is C11H15BrN2O4S. The summed E-state index contributed by atoms with van der Waals surface area (Å²) in [6.45, 7) is 5.24. The second-order valence-electron chi connectivity index (χ2n) is 4.12. The number of aromatic carboxylic acids is 1. The Morgan fingerprint density at radius 1 is 1.68 bits per heavy atom. The number of carboxylic acids is 1. The van der Waals surface area contributed by atoms with Gasteiger partial charge in [0, 0.05) is 19.3 Å². The molecule has 0 aliphatic rings. The fourth-order valence-electron chi connectivity index (χ4n) is 1.63. The lowest BCUT2D eigenvalue weighted by Gasteiger charge is -2.11. The van der Waals surface area contributed by atoms with Crippen molar-refractivity contribution in [3.63, 3.8) is 0 Å². The molecule has 1 heterocycles. The molecule has 2 N–H and O–H groups in total. The second kappa shape index (κ2) is 5.89. The first kappa shape index (κ1) is 15.9. The van der Waals surface area contributed by atoms with E-state index in [0.717, 1.165) is 0 Å². The Hall–Kier alpha value is -1.12. The van der Waals surface area contributed by atoms with Gasteiger partial charge in [-0.15, -0.1) is 6.58 Å². The van der Waals surface area contributed by atoms with Gasteiger partial charge in [0.2, 0.25) is 10.0 Å². The van der Waals surface area contributed by atoms with Crippen molar-refractivity contribution in [1.82, 2.24) is 9.29 Å². The molecule has 1 aromatic heterocycles. The molecule has 1 atom stereocenters. The Balaban J connectivity index is 3.20. The van der Waals surface area contributed by atoms with E-state index >= 15 is 0 Å². The molecule has 1 rings (SSSR count). The zero-order chi connectivity index (χ0) is 14.8. The van der Waals surface area contributed by atoms with Crippen LogP contribution in [0.4, 0.5) is 0 Å². The summed E-state index contributed by atoms with van der Waals surface area (Å²) in [5, 5.41) is 9.01. The number of nitrogens with one attached hydrogen (secondary N) is 1. The molecule has 0 saturated heterocycles. The minimum atomic E-state index is -3.78. The zero-order valence-corrected chi connectivity index (χ0v) is 13.0. The maximum Gasteiger partial charge on any atom is 0.353 e. The highest BCUT2D eigenvalue weighted by molar-refractivity contribution is 9.10. The van der Waals surface area contributed by atoms with Gasteiger partial charge < -0.3 is 9.67 Å². The van der Waals surface area contributed by atoms with Crippen LogP contribution in [0.3, 0.4) is 0 Å². The number of aromatic nitrogens is 1. The predicted octanol–water partition coefficient (Wildman–Crippen LogP) is 1.73. The summed E-state index contributed by atoms with van der Waals surface area (Å²) in [6.07, 6.45) is 3.35. The van der Waals surface area contributed by atoms with E-state index in [9.17, 15) is 13.2 Å². The van der Waals surface area contributed by atoms with Gasteiger partial charge in [-0.1, -0.05) is 6.08 Å². The Morgan fingerprint density at radius 3 is 2.68 bits per heavy atom. The molecule has 19 heavy (non-hydrogen) atoms. The minimum absolute atomic E-state index is 0.0424. The van der Waals surface area contributed by atoms with Crippen LogP contribution in [0, 0.1) is 0 Å². The number of sulfonamides is 1. The van der Waals surface area contributed by atoms with Crippen LogP contribution in [0.25, 0.3) is 0 Å². The lowest BCUT2D eigenvalue weighted by Crippen LogP contribution is -2.32. The molecule has 6 nitrogen and oxygen atoms in total. The lowest BCUT2D eigenvalue weighted by molar-refractivity contribution is 0.0685. The summed E-state index contributed by atoms with van der Waals surface area (Å²) in [4.78, 5) is 10.9. The highest BCUT2D eigenvalue weighted by Crippen LogP contribution is 2.27. The van der Waals surface area contributed by atoms with Gasteiger partial charge in [-0.25, -0.2) is 17.9 Å². The molecule has 0 spiro atoms. The van der Waals surface area contributed by atoms with Crippen molar-refractivity contribution in [2.45, 2.75) is 24.3 Å².